The van der Waals surface area contributed by atoms with E-state index in [1.54, 1.807) is 12.4 Å². The number of nitrogens with one attached hydrogen (secondary N) is 2. The van der Waals surface area contributed by atoms with Crippen molar-refractivity contribution in [2.75, 3.05) is 26.4 Å². The van der Waals surface area contributed by atoms with Gasteiger partial charge in [0.15, 0.2) is 17.1 Å². The molecule has 0 unspecified atom stereocenters. The molecule has 2 aliphatic heterocycles. The quantitative estimate of drug-likeness (QED) is 0.151. The number of amides is 2. The number of pyridine rings is 4. The van der Waals surface area contributed by atoms with Gasteiger partial charge in [-0.05, 0) is 123 Å². The third-order valence-electron chi connectivity index (χ3n) is 12.8. The second-order valence-corrected chi connectivity index (χ2v) is 17.2. The highest BCUT2D eigenvalue weighted by Crippen LogP contribution is 2.42. The number of fused-ring (bicyclic) bond motifs is 2. The van der Waals surface area contributed by atoms with Crippen molar-refractivity contribution >= 4 is 52.1 Å². The molecule has 12 nitrogen and oxygen atoms in total. The molecule has 4 aliphatic rings. The van der Waals surface area contributed by atoms with Gasteiger partial charge in [-0.2, -0.15) is 0 Å². The van der Waals surface area contributed by atoms with Crippen LogP contribution in [0.4, 0.5) is 0 Å². The number of hydrogen-bond donors (Lipinski definition) is 2. The Kier molecular flexibility index (Phi) is 17.9. The molecule has 1 spiro atoms. The first-order valence-corrected chi connectivity index (χ1v) is 22.8. The van der Waals surface area contributed by atoms with E-state index in [2.05, 4.69) is 79.1 Å². The van der Waals surface area contributed by atoms with Crippen molar-refractivity contribution in [3.05, 3.63) is 142 Å². The summed E-state index contributed by atoms with van der Waals surface area (Å²) in [6.45, 7) is 8.06. The Hall–Kier alpha value is -5.66. The summed E-state index contributed by atoms with van der Waals surface area (Å²) in [6.07, 6.45) is 13.3. The van der Waals surface area contributed by atoms with E-state index in [1.165, 1.54) is 24.0 Å². The van der Waals surface area contributed by atoms with Gasteiger partial charge >= 0.3 is 0 Å². The third kappa shape index (κ3) is 12.8. The van der Waals surface area contributed by atoms with Crippen molar-refractivity contribution in [2.45, 2.75) is 116 Å². The van der Waals surface area contributed by atoms with Crippen LogP contribution in [0.1, 0.15) is 138 Å². The summed E-state index contributed by atoms with van der Waals surface area (Å²) in [6, 6.07) is 28.2. The summed E-state index contributed by atoms with van der Waals surface area (Å²) in [7, 11) is 0. The van der Waals surface area contributed by atoms with Gasteiger partial charge in [-0.3, -0.25) is 14.4 Å². The highest BCUT2D eigenvalue weighted by molar-refractivity contribution is 5.99. The van der Waals surface area contributed by atoms with E-state index in [4.69, 9.17) is 14.2 Å². The monoisotopic (exact) mass is 914 g/mol. The number of rotatable bonds is 8. The maximum absolute atomic E-state index is 12.7. The van der Waals surface area contributed by atoms with E-state index >= 15 is 0 Å². The molecule has 0 radical (unpaired) electrons. The van der Waals surface area contributed by atoms with Crippen LogP contribution in [-0.2, 0) is 32.1 Å². The summed E-state index contributed by atoms with van der Waals surface area (Å²) in [5.41, 5.74) is 8.60. The zero-order chi connectivity index (χ0) is 44.3. The highest BCUT2D eigenvalue weighted by atomic mass is 35.5. The zero-order valence-electron chi connectivity index (χ0n) is 37.4. The number of ether oxygens (including phenoxy) is 3. The van der Waals surface area contributed by atoms with Crippen molar-refractivity contribution in [1.82, 2.24) is 30.6 Å². The van der Waals surface area contributed by atoms with Gasteiger partial charge in [-0.15, -0.1) is 12.4 Å². The highest BCUT2D eigenvalue weighted by Gasteiger charge is 2.40. The molecule has 6 aromatic rings. The molecule has 2 saturated carbocycles. The number of aromatic nitrogens is 4. The van der Waals surface area contributed by atoms with Gasteiger partial charge in [0.1, 0.15) is 5.78 Å². The summed E-state index contributed by atoms with van der Waals surface area (Å²) in [5.74, 6) is 0.833. The van der Waals surface area contributed by atoms with Crippen LogP contribution in [0.3, 0.4) is 0 Å². The van der Waals surface area contributed by atoms with Crippen LogP contribution in [0.25, 0.3) is 22.1 Å². The SMILES string of the molecule is C.C1CCOC1.Cc1nc2ncccc2cc1C(=O)NCc1ccc(C2CCC(=O)CC2)cc1.Cc1nc2ncccc2cc1C(=O)NCc1ccc(C2CCC3(CC2)OCCO3)cc1.Cl. The predicted molar refractivity (Wildman–Crippen MR) is 260 cm³/mol. The number of carbonyl (C=O) groups is 3. The molecule has 10 rings (SSSR count). The van der Waals surface area contributed by atoms with Gasteiger partial charge < -0.3 is 24.8 Å². The maximum Gasteiger partial charge on any atom is 0.253 e. The number of carbonyl (C=O) groups excluding carboxylic acids is 3. The number of halogens is 1. The van der Waals surface area contributed by atoms with Crippen molar-refractivity contribution in [1.29, 1.82) is 0 Å². The summed E-state index contributed by atoms with van der Waals surface area (Å²) >= 11 is 0. The average molecular weight is 916 g/mol. The first kappa shape index (κ1) is 49.8. The van der Waals surface area contributed by atoms with Gasteiger partial charge in [0.25, 0.3) is 11.8 Å². The van der Waals surface area contributed by atoms with E-state index in [0.717, 1.165) is 86.9 Å². The first-order chi connectivity index (χ1) is 31.2. The normalized spacial score (nSPS) is 16.8. The lowest BCUT2D eigenvalue weighted by molar-refractivity contribution is -0.178. The zero-order valence-corrected chi connectivity index (χ0v) is 38.2. The standard InChI is InChI=1S/C25H27N3O3.C23H23N3O2.C4H8O.CH4.ClH/c1-17-22(15-21-3-2-12-26-23(21)28-17)24(29)27-16-18-4-6-19(7-5-18)20-8-10-25(11-9-20)30-13-14-31-25;1-15-21(13-19-3-2-12-24-22(19)26-15)23(28)25-14-16-4-6-17(7-5-16)18-8-10-20(27)11-9-18;1-2-4-5-3-1;;/h2-7,12,15,20H,8-11,13-14,16H2,1H3,(H,27,29);2-7,12-13,18H,8-11,14H2,1H3,(H,25,28);1-4H2;1H4;1H. The molecule has 13 heteroatoms. The molecule has 2 aromatic carbocycles. The smallest absolute Gasteiger partial charge is 0.253 e. The molecule has 66 heavy (non-hydrogen) atoms. The molecule has 2 amide bonds. The molecule has 6 heterocycles. The van der Waals surface area contributed by atoms with E-state index in [9.17, 15) is 14.4 Å². The minimum Gasteiger partial charge on any atom is -0.381 e. The molecular formula is C53H63ClN6O6. The van der Waals surface area contributed by atoms with Crippen LogP contribution in [-0.4, -0.2) is 69.7 Å². The van der Waals surface area contributed by atoms with Gasteiger partial charge in [-0.25, -0.2) is 19.9 Å². The number of ketones is 1. The van der Waals surface area contributed by atoms with Crippen molar-refractivity contribution in [2.24, 2.45) is 0 Å². The predicted octanol–water partition coefficient (Wildman–Crippen LogP) is 10.2. The minimum atomic E-state index is -0.313. The molecule has 2 aliphatic carbocycles. The van der Waals surface area contributed by atoms with Gasteiger partial charge in [0.05, 0.1) is 35.7 Å². The second kappa shape index (κ2) is 23.7. The topological polar surface area (TPSA) is 155 Å². The summed E-state index contributed by atoms with van der Waals surface area (Å²) in [4.78, 5) is 54.1. The third-order valence-corrected chi connectivity index (χ3v) is 12.8. The molecule has 0 bridgehead atoms. The maximum atomic E-state index is 12.7. The van der Waals surface area contributed by atoms with E-state index in [1.807, 2.05) is 50.2 Å². The van der Waals surface area contributed by atoms with Crippen LogP contribution >= 0.6 is 12.4 Å². The fourth-order valence-corrected chi connectivity index (χ4v) is 8.98. The second-order valence-electron chi connectivity index (χ2n) is 17.2. The van der Waals surface area contributed by atoms with E-state index in [-0.39, 0.29) is 37.4 Å². The largest absolute Gasteiger partial charge is 0.381 e. The molecule has 2 N–H and O–H groups in total. The molecule has 0 atom stereocenters. The van der Waals surface area contributed by atoms with Crippen molar-refractivity contribution in [3.8, 4) is 0 Å². The van der Waals surface area contributed by atoms with Crippen molar-refractivity contribution in [3.63, 3.8) is 0 Å². The van der Waals surface area contributed by atoms with Crippen LogP contribution in [0.15, 0.2) is 97.3 Å². The molecule has 4 aromatic heterocycles. The Morgan fingerprint density at radius 1 is 0.636 bits per heavy atom. The molecular weight excluding hydrogens is 852 g/mol. The van der Waals surface area contributed by atoms with E-state index in [0.29, 0.717) is 77.4 Å². The molecule has 2 saturated heterocycles. The number of benzene rings is 2. The summed E-state index contributed by atoms with van der Waals surface area (Å²) in [5, 5.41) is 7.72. The number of nitrogens with zero attached hydrogens (tertiary/aromatic N) is 4. The molecule has 348 valence electrons. The number of Topliss-reactive ketones (excluding diaryl/α,β-unsaturated/α-hetero) is 1. The first-order valence-electron chi connectivity index (χ1n) is 22.8. The van der Waals surface area contributed by atoms with E-state index < -0.39 is 0 Å². The lowest BCUT2D eigenvalue weighted by atomic mass is 9.81. The van der Waals surface area contributed by atoms with Crippen LogP contribution in [0.5, 0.6) is 0 Å². The van der Waals surface area contributed by atoms with Crippen LogP contribution < -0.4 is 10.6 Å². The Bertz CT molecular complexity index is 2530. The lowest BCUT2D eigenvalue weighted by Gasteiger charge is -2.35. The number of aryl methyl sites for hydroxylation is 2. The van der Waals surface area contributed by atoms with Gasteiger partial charge in [0.2, 0.25) is 0 Å². The Balaban J connectivity index is 0.000000192. The van der Waals surface area contributed by atoms with Gasteiger partial charge in [-0.1, -0.05) is 56.0 Å². The molecule has 4 fully saturated rings. The van der Waals surface area contributed by atoms with Crippen molar-refractivity contribution < 1.29 is 28.6 Å². The Morgan fingerprint density at radius 2 is 1.08 bits per heavy atom. The minimum absolute atomic E-state index is 0. The fourth-order valence-electron chi connectivity index (χ4n) is 8.98. The summed E-state index contributed by atoms with van der Waals surface area (Å²) < 4.78 is 16.6. The fraction of sp³-hybridized carbons (Fsp3) is 0.415. The number of hydrogen-bond acceptors (Lipinski definition) is 10. The van der Waals surface area contributed by atoms with Crippen LogP contribution in [0, 0.1) is 13.8 Å². The lowest BCUT2D eigenvalue weighted by Crippen LogP contribution is -2.34. The van der Waals surface area contributed by atoms with Gasteiger partial charge in [0, 0.05) is 75.2 Å². The average Bonchev–Trinajstić information content (AvgIpc) is 4.08. The Morgan fingerprint density at radius 3 is 1.50 bits per heavy atom. The Labute approximate surface area is 394 Å². The van der Waals surface area contributed by atoms with Crippen LogP contribution in [0.2, 0.25) is 0 Å².